The van der Waals surface area contributed by atoms with E-state index in [2.05, 4.69) is 15.9 Å². The number of anilines is 2. The largest absolute Gasteiger partial charge is 0.396 e. The minimum Gasteiger partial charge on any atom is -0.396 e. The average molecular weight is 637 g/mol. The smallest absolute Gasteiger partial charge is 0.275 e. The number of nitrogen functional groups attached to an aromatic ring is 2. The van der Waals surface area contributed by atoms with E-state index in [1.807, 2.05) is 6.92 Å². The van der Waals surface area contributed by atoms with Crippen LogP contribution in [-0.2, 0) is 17.1 Å². The van der Waals surface area contributed by atoms with E-state index in [1.54, 1.807) is 12.1 Å². The number of benzene rings is 3. The minimum absolute atomic E-state index is 0.00868. The van der Waals surface area contributed by atoms with Crippen LogP contribution in [0.5, 0.6) is 0 Å². The zero-order chi connectivity index (χ0) is 29.5. The fourth-order valence-electron chi connectivity index (χ4n) is 3.93. The Morgan fingerprint density at radius 3 is 2.00 bits per heavy atom. The summed E-state index contributed by atoms with van der Waals surface area (Å²) < 4.78 is 81.2. The van der Waals surface area contributed by atoms with Gasteiger partial charge in [-0.05, 0) is 53.2 Å². The molecule has 0 atom stereocenters. The van der Waals surface area contributed by atoms with Crippen molar-refractivity contribution in [2.75, 3.05) is 11.5 Å². The topological polar surface area (TPSA) is 113 Å². The molecule has 0 spiro atoms. The molecule has 0 bridgehead atoms. The van der Waals surface area contributed by atoms with Crippen molar-refractivity contribution in [1.29, 1.82) is 0 Å². The van der Waals surface area contributed by atoms with Gasteiger partial charge in [-0.15, -0.1) is 0 Å². The van der Waals surface area contributed by atoms with Crippen LogP contribution in [0.4, 0.5) is 28.9 Å². The number of rotatable bonds is 3. The lowest BCUT2D eigenvalue weighted by atomic mass is 10.0. The summed E-state index contributed by atoms with van der Waals surface area (Å²) in [5.41, 5.74) is 11.0. The Kier molecular flexibility index (Phi) is 7.81. The van der Waals surface area contributed by atoms with Gasteiger partial charge in [-0.1, -0.05) is 17.7 Å². The highest BCUT2D eigenvalue weighted by molar-refractivity contribution is 9.10. The number of pyridine rings is 1. The van der Waals surface area contributed by atoms with E-state index < -0.39 is 38.9 Å². The highest BCUT2D eigenvalue weighted by Gasteiger charge is 2.24. The van der Waals surface area contributed by atoms with Crippen molar-refractivity contribution in [2.45, 2.75) is 11.8 Å². The third-order valence-corrected chi connectivity index (χ3v) is 8.34. The van der Waals surface area contributed by atoms with Crippen LogP contribution in [0.1, 0.15) is 5.56 Å². The number of nitrogens with two attached hydrogens (primary N) is 2. The van der Waals surface area contributed by atoms with Crippen molar-refractivity contribution in [3.05, 3.63) is 111 Å². The molecule has 5 rings (SSSR count). The molecule has 4 N–H and O–H groups in total. The summed E-state index contributed by atoms with van der Waals surface area (Å²) in [6.45, 7) is 1.83. The van der Waals surface area contributed by atoms with E-state index in [0.717, 1.165) is 32.3 Å². The maximum Gasteiger partial charge on any atom is 0.275 e. The number of halogens is 5. The number of nitrogens with zero attached hydrogens (tertiary/aromatic N) is 2. The zero-order valence-electron chi connectivity index (χ0n) is 20.9. The zero-order valence-corrected chi connectivity index (χ0v) is 23.3. The molecule has 5 aromatic rings. The third-order valence-electron chi connectivity index (χ3n) is 5.99. The minimum atomic E-state index is -4.08. The van der Waals surface area contributed by atoms with Crippen LogP contribution < -0.4 is 17.0 Å². The number of hydrogen-bond donors (Lipinski definition) is 2. The second-order valence-corrected chi connectivity index (χ2v) is 11.5. The molecule has 0 saturated carbocycles. The second-order valence-electron chi connectivity index (χ2n) is 8.78. The maximum absolute atomic E-state index is 14.0. The number of aryl methyl sites for hydroxylation is 2. The van der Waals surface area contributed by atoms with E-state index in [-0.39, 0.29) is 42.8 Å². The normalized spacial score (nSPS) is 11.4. The van der Waals surface area contributed by atoms with Crippen LogP contribution in [0.3, 0.4) is 0 Å². The Bertz CT molecular complexity index is 1920. The predicted molar refractivity (Wildman–Crippen MR) is 149 cm³/mol. The van der Waals surface area contributed by atoms with Gasteiger partial charge >= 0.3 is 0 Å². The van der Waals surface area contributed by atoms with Gasteiger partial charge in [-0.2, -0.15) is 0 Å². The Morgan fingerprint density at radius 1 is 0.825 bits per heavy atom. The highest BCUT2D eigenvalue weighted by Crippen LogP contribution is 2.34. The predicted octanol–water partition coefficient (Wildman–Crippen LogP) is 5.72. The van der Waals surface area contributed by atoms with Gasteiger partial charge in [0.25, 0.3) is 15.6 Å². The summed E-state index contributed by atoms with van der Waals surface area (Å²) in [7, 11) is -2.66. The molecule has 2 heterocycles. The summed E-state index contributed by atoms with van der Waals surface area (Å²) in [4.78, 5) is 12.9. The Labute approximate surface area is 234 Å². The van der Waals surface area contributed by atoms with Crippen molar-refractivity contribution in [2.24, 2.45) is 7.05 Å². The standard InChI is InChI=1S/C21H17F2N3O3S.C6H4BrF2N/c1-12-3-5-14(6-4-12)30(28,29)26-8-7-15-17(11-25(2)21(27)20(15)26)16-9-13(22)10-18(23)19(16)24;7-4-1-3(8)2-5(9)6(4)10/h3-11H,24H2,1-2H3;1-2H,10H2. The molecule has 0 unspecified atom stereocenters. The SMILES string of the molecule is Cc1ccc(S(=O)(=O)n2ccc3c(-c4cc(F)cc(F)c4N)cn(C)c(=O)c32)cc1.Nc1c(F)cc(F)cc1Br. The summed E-state index contributed by atoms with van der Waals surface area (Å²) in [5.74, 6) is -3.17. The molecule has 0 fully saturated rings. The number of hydrogen-bond acceptors (Lipinski definition) is 5. The first-order chi connectivity index (χ1) is 18.7. The third kappa shape index (κ3) is 5.34. The number of aromatic nitrogens is 2. The molecular formula is C27H21BrF4N4O3S. The van der Waals surface area contributed by atoms with E-state index in [0.29, 0.717) is 6.07 Å². The fourth-order valence-corrected chi connectivity index (χ4v) is 5.68. The van der Waals surface area contributed by atoms with Gasteiger partial charge in [-0.3, -0.25) is 4.79 Å². The van der Waals surface area contributed by atoms with E-state index >= 15 is 0 Å². The Morgan fingerprint density at radius 2 is 1.40 bits per heavy atom. The van der Waals surface area contributed by atoms with Crippen LogP contribution in [0.2, 0.25) is 0 Å². The summed E-state index contributed by atoms with van der Waals surface area (Å²) in [6, 6.07) is 11.2. The molecule has 40 heavy (non-hydrogen) atoms. The molecule has 7 nitrogen and oxygen atoms in total. The van der Waals surface area contributed by atoms with Crippen molar-refractivity contribution in [3.63, 3.8) is 0 Å². The van der Waals surface area contributed by atoms with Gasteiger partial charge in [0.1, 0.15) is 28.8 Å². The van der Waals surface area contributed by atoms with Gasteiger partial charge in [0.05, 0.1) is 16.3 Å². The monoisotopic (exact) mass is 636 g/mol. The summed E-state index contributed by atoms with van der Waals surface area (Å²) in [5, 5.41) is 0.213. The lowest BCUT2D eigenvalue weighted by molar-refractivity contribution is 0.584. The van der Waals surface area contributed by atoms with Crippen LogP contribution in [0, 0.1) is 30.2 Å². The van der Waals surface area contributed by atoms with Crippen LogP contribution >= 0.6 is 15.9 Å². The quantitative estimate of drug-likeness (QED) is 0.194. The molecule has 0 amide bonds. The molecular weight excluding hydrogens is 616 g/mol. The van der Waals surface area contributed by atoms with Crippen LogP contribution in [0.25, 0.3) is 22.0 Å². The van der Waals surface area contributed by atoms with Crippen LogP contribution in [-0.4, -0.2) is 17.0 Å². The second kappa shape index (κ2) is 10.8. The molecule has 13 heteroatoms. The highest BCUT2D eigenvalue weighted by atomic mass is 79.9. The molecule has 208 valence electrons. The summed E-state index contributed by atoms with van der Waals surface area (Å²) >= 11 is 2.89. The van der Waals surface area contributed by atoms with E-state index in [9.17, 15) is 30.8 Å². The average Bonchev–Trinajstić information content (AvgIpc) is 3.34. The molecule has 0 aliphatic rings. The van der Waals surface area contributed by atoms with Crippen LogP contribution in [0.15, 0.2) is 81.2 Å². The first kappa shape index (κ1) is 28.9. The van der Waals surface area contributed by atoms with Crippen molar-refractivity contribution in [3.8, 4) is 11.1 Å². The number of fused-ring (bicyclic) bond motifs is 1. The van der Waals surface area contributed by atoms with Gasteiger partial charge in [0, 0.05) is 52.6 Å². The van der Waals surface area contributed by atoms with Gasteiger partial charge in [-0.25, -0.2) is 30.0 Å². The Balaban J connectivity index is 0.000000312. The van der Waals surface area contributed by atoms with Crippen molar-refractivity contribution in [1.82, 2.24) is 8.54 Å². The van der Waals surface area contributed by atoms with E-state index in [4.69, 9.17) is 11.5 Å². The van der Waals surface area contributed by atoms with Gasteiger partial charge < -0.3 is 16.0 Å². The van der Waals surface area contributed by atoms with Crippen molar-refractivity contribution >= 4 is 48.2 Å². The fraction of sp³-hybridized carbons (Fsp3) is 0.0741. The molecule has 0 aliphatic carbocycles. The molecule has 0 saturated heterocycles. The Hall–Kier alpha value is -4.10. The first-order valence-electron chi connectivity index (χ1n) is 11.4. The maximum atomic E-state index is 14.0. The van der Waals surface area contributed by atoms with E-state index in [1.165, 1.54) is 37.6 Å². The molecule has 2 aromatic heterocycles. The van der Waals surface area contributed by atoms with Gasteiger partial charge in [0.15, 0.2) is 0 Å². The van der Waals surface area contributed by atoms with Gasteiger partial charge in [0.2, 0.25) is 0 Å². The molecule has 0 radical (unpaired) electrons. The molecule has 0 aliphatic heterocycles. The lowest BCUT2D eigenvalue weighted by Gasteiger charge is -2.12. The first-order valence-corrected chi connectivity index (χ1v) is 13.6. The summed E-state index contributed by atoms with van der Waals surface area (Å²) in [6.07, 6.45) is 2.62. The molecule has 3 aromatic carbocycles. The van der Waals surface area contributed by atoms with Crippen molar-refractivity contribution < 1.29 is 26.0 Å². The lowest BCUT2D eigenvalue weighted by Crippen LogP contribution is -2.22.